The quantitative estimate of drug-likeness (QED) is 0.780. The van der Waals surface area contributed by atoms with Crippen LogP contribution in [0.15, 0.2) is 18.2 Å². The summed E-state index contributed by atoms with van der Waals surface area (Å²) in [6.07, 6.45) is 6.81. The molecule has 1 aromatic carbocycles. The van der Waals surface area contributed by atoms with Gasteiger partial charge in [-0.3, -0.25) is 0 Å². The van der Waals surface area contributed by atoms with Crippen LogP contribution in [-0.2, 0) is 0 Å². The summed E-state index contributed by atoms with van der Waals surface area (Å²) in [6, 6.07) is 7.59. The highest BCUT2D eigenvalue weighted by atomic mass is 14.9. The zero-order chi connectivity index (χ0) is 14.5. The van der Waals surface area contributed by atoms with E-state index in [1.54, 1.807) is 0 Å². The Morgan fingerprint density at radius 1 is 1.20 bits per heavy atom. The molecule has 112 valence electrons. The van der Waals surface area contributed by atoms with Crippen LogP contribution >= 0.6 is 0 Å². The number of nitrogens with one attached hydrogen (secondary N) is 1. The van der Waals surface area contributed by atoms with Gasteiger partial charge >= 0.3 is 0 Å². The molecule has 0 radical (unpaired) electrons. The number of aryl methyl sites for hydroxylation is 2. The van der Waals surface area contributed by atoms with Gasteiger partial charge in [0.15, 0.2) is 0 Å². The van der Waals surface area contributed by atoms with Crippen molar-refractivity contribution in [3.63, 3.8) is 0 Å². The Balaban J connectivity index is 2.19. The molecule has 0 spiro atoms. The fourth-order valence-electron chi connectivity index (χ4n) is 3.60. The summed E-state index contributed by atoms with van der Waals surface area (Å²) in [5.41, 5.74) is 4.33. The molecule has 1 fully saturated rings. The average Bonchev–Trinajstić information content (AvgIpc) is 2.43. The minimum atomic E-state index is 0.553. The van der Waals surface area contributed by atoms with Gasteiger partial charge in [0.25, 0.3) is 0 Å². The summed E-state index contributed by atoms with van der Waals surface area (Å²) in [7, 11) is 0. The molecule has 1 heteroatoms. The molecule has 1 aliphatic rings. The summed E-state index contributed by atoms with van der Waals surface area (Å²) < 4.78 is 0. The molecule has 0 amide bonds. The molecule has 3 atom stereocenters. The lowest BCUT2D eigenvalue weighted by Gasteiger charge is -2.34. The van der Waals surface area contributed by atoms with Crippen LogP contribution in [0.1, 0.15) is 68.7 Å². The van der Waals surface area contributed by atoms with Gasteiger partial charge in [-0.2, -0.15) is 0 Å². The monoisotopic (exact) mass is 273 g/mol. The normalized spacial score (nSPS) is 24.6. The van der Waals surface area contributed by atoms with Gasteiger partial charge in [-0.25, -0.2) is 0 Å². The van der Waals surface area contributed by atoms with E-state index in [0.717, 1.165) is 18.4 Å². The first-order valence-electron chi connectivity index (χ1n) is 8.42. The van der Waals surface area contributed by atoms with Gasteiger partial charge in [-0.1, -0.05) is 44.9 Å². The number of hydrogen-bond donors (Lipinski definition) is 1. The molecule has 0 aliphatic heterocycles. The van der Waals surface area contributed by atoms with E-state index in [1.165, 1.54) is 48.8 Å². The number of rotatable bonds is 5. The lowest BCUT2D eigenvalue weighted by atomic mass is 9.76. The van der Waals surface area contributed by atoms with Crippen molar-refractivity contribution < 1.29 is 0 Å². The predicted octanol–water partition coefficient (Wildman–Crippen LogP) is 5.17. The van der Waals surface area contributed by atoms with E-state index in [9.17, 15) is 0 Å². The van der Waals surface area contributed by atoms with Crippen LogP contribution in [-0.4, -0.2) is 6.54 Å². The van der Waals surface area contributed by atoms with Gasteiger partial charge in [-0.05, 0) is 68.2 Å². The molecule has 0 heterocycles. The van der Waals surface area contributed by atoms with Crippen molar-refractivity contribution in [1.82, 2.24) is 5.32 Å². The molecule has 1 aromatic rings. The standard InChI is InChI=1S/C19H31N/c1-5-11-20-19(17-8-6-7-14(2)12-17)18-10-9-15(3)16(4)13-18/h9-10,13-14,17,19-20H,5-8,11-12H2,1-4H3. The van der Waals surface area contributed by atoms with Crippen LogP contribution in [0.4, 0.5) is 0 Å². The Morgan fingerprint density at radius 2 is 2.00 bits per heavy atom. The summed E-state index contributed by atoms with van der Waals surface area (Å²) in [6.45, 7) is 10.2. The molecule has 1 nitrogen and oxygen atoms in total. The summed E-state index contributed by atoms with van der Waals surface area (Å²) in [5.74, 6) is 1.71. The highest BCUT2D eigenvalue weighted by molar-refractivity contribution is 5.32. The van der Waals surface area contributed by atoms with Gasteiger partial charge in [-0.15, -0.1) is 0 Å². The lowest BCUT2D eigenvalue weighted by molar-refractivity contribution is 0.223. The fourth-order valence-corrected chi connectivity index (χ4v) is 3.60. The average molecular weight is 273 g/mol. The maximum atomic E-state index is 3.82. The van der Waals surface area contributed by atoms with Gasteiger partial charge in [0.1, 0.15) is 0 Å². The second-order valence-corrected chi connectivity index (χ2v) is 6.81. The Bertz CT molecular complexity index is 424. The van der Waals surface area contributed by atoms with E-state index in [0.29, 0.717) is 6.04 Å². The summed E-state index contributed by atoms with van der Waals surface area (Å²) >= 11 is 0. The highest BCUT2D eigenvalue weighted by Crippen LogP contribution is 2.37. The van der Waals surface area contributed by atoms with Crippen LogP contribution in [0.2, 0.25) is 0 Å². The second kappa shape index (κ2) is 7.26. The van der Waals surface area contributed by atoms with Crippen molar-refractivity contribution in [2.24, 2.45) is 11.8 Å². The smallest absolute Gasteiger partial charge is 0.0348 e. The third-order valence-corrected chi connectivity index (χ3v) is 4.95. The summed E-state index contributed by atoms with van der Waals surface area (Å²) in [5, 5.41) is 3.82. The van der Waals surface area contributed by atoms with E-state index in [2.05, 4.69) is 51.2 Å². The van der Waals surface area contributed by atoms with Crippen LogP contribution in [0.25, 0.3) is 0 Å². The molecule has 3 unspecified atom stereocenters. The molecule has 1 aliphatic carbocycles. The van der Waals surface area contributed by atoms with Gasteiger partial charge in [0.05, 0.1) is 0 Å². The maximum Gasteiger partial charge on any atom is 0.0348 e. The van der Waals surface area contributed by atoms with Crippen LogP contribution in [0.5, 0.6) is 0 Å². The van der Waals surface area contributed by atoms with Crippen LogP contribution < -0.4 is 5.32 Å². The lowest BCUT2D eigenvalue weighted by Crippen LogP contribution is -2.32. The molecule has 0 aromatic heterocycles. The van der Waals surface area contributed by atoms with Crippen LogP contribution in [0.3, 0.4) is 0 Å². The zero-order valence-electron chi connectivity index (χ0n) is 13.7. The molecule has 1 N–H and O–H groups in total. The molecular formula is C19H31N. The second-order valence-electron chi connectivity index (χ2n) is 6.81. The largest absolute Gasteiger partial charge is 0.310 e. The van der Waals surface area contributed by atoms with Crippen molar-refractivity contribution >= 4 is 0 Å². The van der Waals surface area contributed by atoms with E-state index >= 15 is 0 Å². The minimum Gasteiger partial charge on any atom is -0.310 e. The van der Waals surface area contributed by atoms with E-state index in [1.807, 2.05) is 0 Å². The Hall–Kier alpha value is -0.820. The first kappa shape index (κ1) is 15.6. The predicted molar refractivity (Wildman–Crippen MR) is 88.1 cm³/mol. The summed E-state index contributed by atoms with van der Waals surface area (Å²) in [4.78, 5) is 0. The van der Waals surface area contributed by atoms with Crippen molar-refractivity contribution in [2.75, 3.05) is 6.54 Å². The third kappa shape index (κ3) is 3.85. The van der Waals surface area contributed by atoms with Crippen LogP contribution in [0, 0.1) is 25.7 Å². The van der Waals surface area contributed by atoms with Crippen molar-refractivity contribution in [3.05, 3.63) is 34.9 Å². The van der Waals surface area contributed by atoms with Crippen molar-refractivity contribution in [3.8, 4) is 0 Å². The first-order chi connectivity index (χ1) is 9.61. The minimum absolute atomic E-state index is 0.553. The fraction of sp³-hybridized carbons (Fsp3) is 0.684. The Labute approximate surface area is 125 Å². The topological polar surface area (TPSA) is 12.0 Å². The van der Waals surface area contributed by atoms with Gasteiger partial charge < -0.3 is 5.32 Å². The molecule has 20 heavy (non-hydrogen) atoms. The molecule has 1 saturated carbocycles. The van der Waals surface area contributed by atoms with Gasteiger partial charge in [0, 0.05) is 6.04 Å². The maximum absolute atomic E-state index is 3.82. The molecule has 2 rings (SSSR count). The Morgan fingerprint density at radius 3 is 2.65 bits per heavy atom. The third-order valence-electron chi connectivity index (χ3n) is 4.95. The zero-order valence-corrected chi connectivity index (χ0v) is 13.7. The van der Waals surface area contributed by atoms with E-state index in [-0.39, 0.29) is 0 Å². The molecule has 0 bridgehead atoms. The highest BCUT2D eigenvalue weighted by Gasteiger charge is 2.27. The number of hydrogen-bond acceptors (Lipinski definition) is 1. The van der Waals surface area contributed by atoms with E-state index < -0.39 is 0 Å². The first-order valence-corrected chi connectivity index (χ1v) is 8.42. The molecule has 0 saturated heterocycles. The Kier molecular flexibility index (Phi) is 5.65. The van der Waals surface area contributed by atoms with Crippen molar-refractivity contribution in [1.29, 1.82) is 0 Å². The number of benzene rings is 1. The van der Waals surface area contributed by atoms with Crippen molar-refractivity contribution in [2.45, 2.75) is 65.8 Å². The molecular weight excluding hydrogens is 242 g/mol. The SMILES string of the molecule is CCCNC(c1ccc(C)c(C)c1)C1CCCC(C)C1. The van der Waals surface area contributed by atoms with Gasteiger partial charge in [0.2, 0.25) is 0 Å². The van der Waals surface area contributed by atoms with E-state index in [4.69, 9.17) is 0 Å².